The zero-order chi connectivity index (χ0) is 21.1. The second kappa shape index (κ2) is 8.21. The summed E-state index contributed by atoms with van der Waals surface area (Å²) in [5, 5.41) is 11.6. The number of aromatic nitrogens is 2. The van der Waals surface area contributed by atoms with Gasteiger partial charge in [0, 0.05) is 22.4 Å². The Morgan fingerprint density at radius 1 is 0.800 bits per heavy atom. The Labute approximate surface area is 174 Å². The maximum Gasteiger partial charge on any atom is 0.276 e. The van der Waals surface area contributed by atoms with Crippen LogP contribution in [0.15, 0.2) is 83.7 Å². The summed E-state index contributed by atoms with van der Waals surface area (Å²) in [5.74, 6) is -0.357. The Bertz CT molecular complexity index is 1250. The fraction of sp³-hybridized carbons (Fsp3) is 0.125. The zero-order valence-electron chi connectivity index (χ0n) is 16.8. The molecule has 0 saturated heterocycles. The zero-order valence-corrected chi connectivity index (χ0v) is 16.8. The Morgan fingerprint density at radius 3 is 2.03 bits per heavy atom. The van der Waals surface area contributed by atoms with Crippen LogP contribution < -0.4 is 16.2 Å². The Hall–Kier alpha value is -3.93. The minimum atomic E-state index is -0.357. The van der Waals surface area contributed by atoms with E-state index in [0.717, 1.165) is 11.4 Å². The highest BCUT2D eigenvalue weighted by atomic mass is 16.2. The first-order valence-corrected chi connectivity index (χ1v) is 9.78. The van der Waals surface area contributed by atoms with Gasteiger partial charge in [-0.3, -0.25) is 9.59 Å². The highest BCUT2D eigenvalue weighted by Crippen LogP contribution is 2.20. The molecule has 1 heterocycles. The molecule has 0 fully saturated rings. The largest absolute Gasteiger partial charge is 0.356 e. The summed E-state index contributed by atoms with van der Waals surface area (Å²) in [6, 6.07) is 24.2. The van der Waals surface area contributed by atoms with E-state index in [1.54, 1.807) is 24.3 Å². The number of hydrogen-bond acceptors (Lipinski definition) is 4. The number of amides is 1. The first kappa shape index (κ1) is 19.4. The standard InChI is InChI=1S/C24H22N4O2/c1-16(2)28-24(30)21-11-7-6-10-20(21)22(27-28)23(29)26-19-14-12-18(13-15-19)25-17-8-4-3-5-9-17/h3-16,25H,1-2H3,(H,26,29). The van der Waals surface area contributed by atoms with Crippen molar-refractivity contribution < 1.29 is 4.79 Å². The van der Waals surface area contributed by atoms with Gasteiger partial charge in [-0.05, 0) is 56.3 Å². The van der Waals surface area contributed by atoms with E-state index < -0.39 is 0 Å². The minimum absolute atomic E-state index is 0.156. The van der Waals surface area contributed by atoms with Crippen LogP contribution in [0.3, 0.4) is 0 Å². The van der Waals surface area contributed by atoms with Crippen LogP contribution in [0.4, 0.5) is 17.1 Å². The summed E-state index contributed by atoms with van der Waals surface area (Å²) in [6.45, 7) is 3.73. The number of fused-ring (bicyclic) bond motifs is 1. The highest BCUT2D eigenvalue weighted by Gasteiger charge is 2.18. The van der Waals surface area contributed by atoms with Crippen molar-refractivity contribution in [2.24, 2.45) is 0 Å². The van der Waals surface area contributed by atoms with Crippen LogP contribution in [0.25, 0.3) is 10.8 Å². The van der Waals surface area contributed by atoms with Crippen LogP contribution in [0.2, 0.25) is 0 Å². The van der Waals surface area contributed by atoms with E-state index >= 15 is 0 Å². The van der Waals surface area contributed by atoms with Gasteiger partial charge < -0.3 is 10.6 Å². The second-order valence-electron chi connectivity index (χ2n) is 7.26. The molecule has 30 heavy (non-hydrogen) atoms. The molecule has 1 aromatic heterocycles. The minimum Gasteiger partial charge on any atom is -0.356 e. The SMILES string of the molecule is CC(C)n1nc(C(=O)Nc2ccc(Nc3ccccc3)cc2)c2ccccc2c1=O. The lowest BCUT2D eigenvalue weighted by atomic mass is 10.1. The van der Waals surface area contributed by atoms with Gasteiger partial charge in [0.25, 0.3) is 11.5 Å². The van der Waals surface area contributed by atoms with Crippen LogP contribution in [-0.4, -0.2) is 15.7 Å². The number of rotatable bonds is 5. The number of nitrogens with zero attached hydrogens (tertiary/aromatic N) is 2. The van der Waals surface area contributed by atoms with Gasteiger partial charge in [0.1, 0.15) is 0 Å². The van der Waals surface area contributed by atoms with Crippen molar-refractivity contribution in [1.29, 1.82) is 0 Å². The predicted octanol–water partition coefficient (Wildman–Crippen LogP) is 4.97. The smallest absolute Gasteiger partial charge is 0.276 e. The molecular weight excluding hydrogens is 376 g/mol. The predicted molar refractivity (Wildman–Crippen MR) is 121 cm³/mol. The summed E-state index contributed by atoms with van der Waals surface area (Å²) in [6.07, 6.45) is 0. The van der Waals surface area contributed by atoms with E-state index in [4.69, 9.17) is 0 Å². The fourth-order valence-corrected chi connectivity index (χ4v) is 3.24. The molecule has 1 amide bonds. The fourth-order valence-electron chi connectivity index (χ4n) is 3.24. The molecule has 0 aliphatic rings. The molecule has 2 N–H and O–H groups in total. The first-order chi connectivity index (χ1) is 14.5. The van der Waals surface area contributed by atoms with Crippen molar-refractivity contribution >= 4 is 33.7 Å². The third-order valence-corrected chi connectivity index (χ3v) is 4.74. The van der Waals surface area contributed by atoms with Crippen LogP contribution in [-0.2, 0) is 0 Å². The summed E-state index contributed by atoms with van der Waals surface area (Å²) >= 11 is 0. The summed E-state index contributed by atoms with van der Waals surface area (Å²) < 4.78 is 1.35. The maximum absolute atomic E-state index is 13.0. The summed E-state index contributed by atoms with van der Waals surface area (Å²) in [5.41, 5.74) is 2.57. The molecule has 6 nitrogen and oxygen atoms in total. The number of benzene rings is 3. The summed E-state index contributed by atoms with van der Waals surface area (Å²) in [4.78, 5) is 25.6. The average Bonchev–Trinajstić information content (AvgIpc) is 2.76. The van der Waals surface area contributed by atoms with Crippen LogP contribution >= 0.6 is 0 Å². The molecule has 0 aliphatic heterocycles. The van der Waals surface area contributed by atoms with E-state index in [9.17, 15) is 9.59 Å². The van der Waals surface area contributed by atoms with Gasteiger partial charge in [-0.1, -0.05) is 36.4 Å². The van der Waals surface area contributed by atoms with Crippen LogP contribution in [0.1, 0.15) is 30.4 Å². The molecule has 0 atom stereocenters. The number of para-hydroxylation sites is 1. The van der Waals surface area contributed by atoms with Gasteiger partial charge >= 0.3 is 0 Å². The first-order valence-electron chi connectivity index (χ1n) is 9.78. The lowest BCUT2D eigenvalue weighted by molar-refractivity contribution is 0.102. The molecule has 0 spiro atoms. The molecule has 0 saturated carbocycles. The van der Waals surface area contributed by atoms with Gasteiger partial charge in [0.2, 0.25) is 0 Å². The van der Waals surface area contributed by atoms with Crippen LogP contribution in [0.5, 0.6) is 0 Å². The van der Waals surface area contributed by atoms with Crippen molar-refractivity contribution in [2.45, 2.75) is 19.9 Å². The van der Waals surface area contributed by atoms with Crippen LogP contribution in [0, 0.1) is 0 Å². The van der Waals surface area contributed by atoms with E-state index in [0.29, 0.717) is 16.5 Å². The molecule has 150 valence electrons. The van der Waals surface area contributed by atoms with Gasteiger partial charge in [-0.2, -0.15) is 5.10 Å². The van der Waals surface area contributed by atoms with Gasteiger partial charge in [-0.25, -0.2) is 4.68 Å². The number of anilines is 3. The van der Waals surface area contributed by atoms with Gasteiger partial charge in [-0.15, -0.1) is 0 Å². The topological polar surface area (TPSA) is 76.0 Å². The molecule has 3 aromatic carbocycles. The molecule has 6 heteroatoms. The van der Waals surface area contributed by atoms with E-state index in [-0.39, 0.29) is 23.2 Å². The Kier molecular flexibility index (Phi) is 5.30. The van der Waals surface area contributed by atoms with E-state index in [2.05, 4.69) is 15.7 Å². The monoisotopic (exact) mass is 398 g/mol. The normalized spacial score (nSPS) is 10.9. The Balaban J connectivity index is 1.60. The van der Waals surface area contributed by atoms with Gasteiger partial charge in [0.15, 0.2) is 5.69 Å². The molecule has 4 rings (SSSR count). The third-order valence-electron chi connectivity index (χ3n) is 4.74. The third kappa shape index (κ3) is 3.93. The second-order valence-corrected chi connectivity index (χ2v) is 7.26. The molecular formula is C24H22N4O2. The van der Waals surface area contributed by atoms with Crippen molar-refractivity contribution in [2.75, 3.05) is 10.6 Å². The van der Waals surface area contributed by atoms with Crippen molar-refractivity contribution in [3.05, 3.63) is 94.9 Å². The van der Waals surface area contributed by atoms with Crippen molar-refractivity contribution in [3.8, 4) is 0 Å². The molecule has 0 bridgehead atoms. The quantitative estimate of drug-likeness (QED) is 0.497. The lowest BCUT2D eigenvalue weighted by Gasteiger charge is -2.13. The average molecular weight is 398 g/mol. The van der Waals surface area contributed by atoms with E-state index in [1.165, 1.54) is 4.68 Å². The van der Waals surface area contributed by atoms with Gasteiger partial charge in [0.05, 0.1) is 11.4 Å². The summed E-state index contributed by atoms with van der Waals surface area (Å²) in [7, 11) is 0. The molecule has 4 aromatic rings. The molecule has 0 aliphatic carbocycles. The van der Waals surface area contributed by atoms with E-state index in [1.807, 2.05) is 68.4 Å². The highest BCUT2D eigenvalue weighted by molar-refractivity contribution is 6.11. The lowest BCUT2D eigenvalue weighted by Crippen LogP contribution is -2.28. The Morgan fingerprint density at radius 2 is 1.37 bits per heavy atom. The van der Waals surface area contributed by atoms with Crippen molar-refractivity contribution in [3.63, 3.8) is 0 Å². The molecule has 0 unspecified atom stereocenters. The number of hydrogen-bond donors (Lipinski definition) is 2. The van der Waals surface area contributed by atoms with Crippen molar-refractivity contribution in [1.82, 2.24) is 9.78 Å². The number of nitrogens with one attached hydrogen (secondary N) is 2. The maximum atomic E-state index is 13.0. The number of carbonyl (C=O) groups excluding carboxylic acids is 1. The molecule has 0 radical (unpaired) electrons. The number of carbonyl (C=O) groups is 1.